The number of aryl methyl sites for hydroxylation is 1. The van der Waals surface area contributed by atoms with Crippen LogP contribution in [0.3, 0.4) is 0 Å². The molecule has 1 N–H and O–H groups in total. The summed E-state index contributed by atoms with van der Waals surface area (Å²) in [4.78, 5) is 26.8. The zero-order valence-electron chi connectivity index (χ0n) is 18.8. The summed E-state index contributed by atoms with van der Waals surface area (Å²) in [7, 11) is 0. The Hall–Kier alpha value is -3.94. The van der Waals surface area contributed by atoms with Gasteiger partial charge in [0.15, 0.2) is 0 Å². The first-order valence-corrected chi connectivity index (χ1v) is 10.7. The summed E-state index contributed by atoms with van der Waals surface area (Å²) in [6.45, 7) is 6.33. The summed E-state index contributed by atoms with van der Waals surface area (Å²) in [6.07, 6.45) is 1.32. The summed E-state index contributed by atoms with van der Waals surface area (Å²) in [5.41, 5.74) is 0.253. The fourth-order valence-electron chi connectivity index (χ4n) is 3.84. The number of ketones is 1. The van der Waals surface area contributed by atoms with Crippen molar-refractivity contribution >= 4 is 23.1 Å². The predicted octanol–water partition coefficient (Wildman–Crippen LogP) is 5.53. The Kier molecular flexibility index (Phi) is 6.24. The second-order valence-corrected chi connectivity index (χ2v) is 8.47. The molecule has 1 aromatic heterocycles. The average molecular weight is 467 g/mol. The molecule has 2 heterocycles. The molecule has 1 saturated heterocycles. The molecule has 0 saturated carbocycles. The van der Waals surface area contributed by atoms with Gasteiger partial charge < -0.3 is 14.3 Å². The van der Waals surface area contributed by atoms with E-state index in [2.05, 4.69) is 0 Å². The predicted molar refractivity (Wildman–Crippen MR) is 121 cm³/mol. The lowest BCUT2D eigenvalue weighted by Gasteiger charge is -2.23. The second kappa shape index (κ2) is 9.13. The minimum atomic E-state index is -1.29. The molecule has 1 fully saturated rings. The molecule has 6 nitrogen and oxygen atoms in total. The van der Waals surface area contributed by atoms with E-state index in [1.165, 1.54) is 18.4 Å². The Bertz CT molecular complexity index is 1280. The topological polar surface area (TPSA) is 80.0 Å². The molecule has 3 aromatic rings. The zero-order valence-corrected chi connectivity index (χ0v) is 18.8. The third kappa shape index (κ3) is 4.19. The van der Waals surface area contributed by atoms with Crippen LogP contribution in [-0.4, -0.2) is 23.4 Å². The van der Waals surface area contributed by atoms with Crippen LogP contribution < -0.4 is 9.64 Å². The number of carbonyl (C=O) groups is 2. The van der Waals surface area contributed by atoms with Gasteiger partial charge in [-0.3, -0.25) is 14.5 Å². The summed E-state index contributed by atoms with van der Waals surface area (Å²) in [5, 5.41) is 11.1. The third-order valence-corrected chi connectivity index (χ3v) is 5.45. The highest BCUT2D eigenvalue weighted by Crippen LogP contribution is 2.43. The normalized spacial score (nSPS) is 17.6. The minimum absolute atomic E-state index is 0.109. The van der Waals surface area contributed by atoms with Gasteiger partial charge in [0.2, 0.25) is 0 Å². The van der Waals surface area contributed by atoms with E-state index in [9.17, 15) is 23.5 Å². The van der Waals surface area contributed by atoms with Gasteiger partial charge in [-0.25, -0.2) is 8.78 Å². The maximum Gasteiger partial charge on any atom is 0.300 e. The molecule has 2 aromatic carbocycles. The number of benzene rings is 2. The Balaban J connectivity index is 1.84. The quantitative estimate of drug-likeness (QED) is 0.293. The van der Waals surface area contributed by atoms with E-state index in [0.29, 0.717) is 23.8 Å². The summed E-state index contributed by atoms with van der Waals surface area (Å²) < 4.78 is 39.7. The number of rotatable bonds is 6. The monoisotopic (exact) mass is 467 g/mol. The first-order valence-electron chi connectivity index (χ1n) is 10.7. The van der Waals surface area contributed by atoms with Gasteiger partial charge in [-0.15, -0.1) is 0 Å². The van der Waals surface area contributed by atoms with Crippen LogP contribution in [0.15, 0.2) is 64.8 Å². The Morgan fingerprint density at radius 3 is 2.56 bits per heavy atom. The highest BCUT2D eigenvalue weighted by atomic mass is 19.1. The number of hydrogen-bond acceptors (Lipinski definition) is 5. The molecule has 176 valence electrons. The van der Waals surface area contributed by atoms with Crippen LogP contribution in [0, 0.1) is 24.5 Å². The van der Waals surface area contributed by atoms with E-state index < -0.39 is 40.8 Å². The van der Waals surface area contributed by atoms with E-state index in [-0.39, 0.29) is 16.9 Å². The second-order valence-electron chi connectivity index (χ2n) is 8.47. The zero-order chi connectivity index (χ0) is 24.6. The maximum atomic E-state index is 14.6. The lowest BCUT2D eigenvalue weighted by Crippen LogP contribution is -2.30. The largest absolute Gasteiger partial charge is 0.507 e. The number of furan rings is 1. The number of carbonyl (C=O) groups excluding carboxylic acids is 2. The van der Waals surface area contributed by atoms with Crippen molar-refractivity contribution < 1.29 is 32.6 Å². The lowest BCUT2D eigenvalue weighted by atomic mass is 9.98. The van der Waals surface area contributed by atoms with Crippen LogP contribution >= 0.6 is 0 Å². The van der Waals surface area contributed by atoms with E-state index in [1.807, 2.05) is 13.8 Å². The van der Waals surface area contributed by atoms with Crippen LogP contribution in [-0.2, 0) is 9.59 Å². The van der Waals surface area contributed by atoms with Gasteiger partial charge in [-0.2, -0.15) is 0 Å². The van der Waals surface area contributed by atoms with Gasteiger partial charge in [0, 0.05) is 11.6 Å². The third-order valence-electron chi connectivity index (χ3n) is 5.45. The van der Waals surface area contributed by atoms with E-state index in [0.717, 1.165) is 23.1 Å². The van der Waals surface area contributed by atoms with E-state index in [4.69, 9.17) is 9.15 Å². The van der Waals surface area contributed by atoms with Crippen LogP contribution in [0.2, 0.25) is 0 Å². The van der Waals surface area contributed by atoms with Crippen molar-refractivity contribution in [2.75, 3.05) is 11.5 Å². The molecular formula is C26H23F2NO5. The van der Waals surface area contributed by atoms with Crippen molar-refractivity contribution in [3.8, 4) is 5.75 Å². The molecule has 1 unspecified atom stereocenters. The molecule has 0 aliphatic carbocycles. The molecule has 0 radical (unpaired) electrons. The summed E-state index contributed by atoms with van der Waals surface area (Å²) >= 11 is 0. The van der Waals surface area contributed by atoms with Crippen molar-refractivity contribution in [2.45, 2.75) is 26.8 Å². The Labute approximate surface area is 195 Å². The Morgan fingerprint density at radius 2 is 1.91 bits per heavy atom. The van der Waals surface area contributed by atoms with Crippen LogP contribution in [0.1, 0.15) is 36.8 Å². The Morgan fingerprint density at radius 1 is 1.15 bits per heavy atom. The van der Waals surface area contributed by atoms with Crippen molar-refractivity contribution in [3.63, 3.8) is 0 Å². The highest BCUT2D eigenvalue weighted by molar-refractivity contribution is 6.51. The maximum absolute atomic E-state index is 14.6. The van der Waals surface area contributed by atoms with Gasteiger partial charge in [-0.05, 0) is 60.9 Å². The highest BCUT2D eigenvalue weighted by Gasteiger charge is 2.49. The fraction of sp³-hybridized carbons (Fsp3) is 0.231. The van der Waals surface area contributed by atoms with Gasteiger partial charge in [0.05, 0.1) is 24.1 Å². The molecule has 1 aliphatic heterocycles. The molecule has 1 atom stereocenters. The number of aliphatic hydroxyl groups excluding tert-OH is 1. The molecule has 34 heavy (non-hydrogen) atoms. The van der Waals surface area contributed by atoms with Gasteiger partial charge in [0.25, 0.3) is 11.7 Å². The number of Topliss-reactive ketones (excluding diaryl/α,β-unsaturated/α-hetero) is 1. The number of halogens is 2. The number of amides is 1. The standard InChI is InChI=1S/C26H23F2NO5/c1-14(2)13-34-20-9-6-16(11-15(20)3)24(30)22-23(21-5-4-10-33-21)29(26(32)25(22)31)19-12-17(27)7-8-18(19)28/h4-12,14,23,30H,13H2,1-3H3/b24-22-. The summed E-state index contributed by atoms with van der Waals surface area (Å²) in [6, 6.07) is 9.17. The van der Waals surface area contributed by atoms with Crippen LogP contribution in [0.4, 0.5) is 14.5 Å². The minimum Gasteiger partial charge on any atom is -0.507 e. The number of ether oxygens (including phenoxy) is 1. The molecule has 4 rings (SSSR count). The SMILES string of the molecule is Cc1cc(/C(O)=C2/C(=O)C(=O)N(c3cc(F)ccc3F)C2c2ccco2)ccc1OCC(C)C. The lowest BCUT2D eigenvalue weighted by molar-refractivity contribution is -0.132. The molecule has 1 aliphatic rings. The summed E-state index contributed by atoms with van der Waals surface area (Å²) in [5.74, 6) is -3.25. The van der Waals surface area contributed by atoms with Crippen molar-refractivity contribution in [1.82, 2.24) is 0 Å². The van der Waals surface area contributed by atoms with Gasteiger partial charge in [-0.1, -0.05) is 13.8 Å². The van der Waals surface area contributed by atoms with Gasteiger partial charge in [0.1, 0.15) is 34.9 Å². The first kappa shape index (κ1) is 23.2. The number of aliphatic hydroxyl groups is 1. The number of hydrogen-bond donors (Lipinski definition) is 1. The van der Waals surface area contributed by atoms with Crippen LogP contribution in [0.5, 0.6) is 5.75 Å². The molecule has 8 heteroatoms. The molecule has 1 amide bonds. The number of nitrogens with zero attached hydrogens (tertiary/aromatic N) is 1. The first-order chi connectivity index (χ1) is 16.2. The smallest absolute Gasteiger partial charge is 0.300 e. The molecule has 0 bridgehead atoms. The molecule has 0 spiro atoms. The van der Waals surface area contributed by atoms with Gasteiger partial charge >= 0.3 is 0 Å². The average Bonchev–Trinajstić information content (AvgIpc) is 3.41. The van der Waals surface area contributed by atoms with Crippen molar-refractivity contribution in [3.05, 3.63) is 88.9 Å². The van der Waals surface area contributed by atoms with Crippen molar-refractivity contribution in [1.29, 1.82) is 0 Å². The van der Waals surface area contributed by atoms with Crippen molar-refractivity contribution in [2.24, 2.45) is 5.92 Å². The van der Waals surface area contributed by atoms with E-state index in [1.54, 1.807) is 25.1 Å². The number of anilines is 1. The van der Waals surface area contributed by atoms with E-state index >= 15 is 0 Å². The fourth-order valence-corrected chi connectivity index (χ4v) is 3.84. The molecular weight excluding hydrogens is 444 g/mol. The van der Waals surface area contributed by atoms with Crippen LogP contribution in [0.25, 0.3) is 5.76 Å².